The molecular formula is C16H29N3O. The molecule has 0 spiro atoms. The van der Waals surface area contributed by atoms with Crippen molar-refractivity contribution in [2.75, 3.05) is 13.2 Å². The topological polar surface area (TPSA) is 39.1 Å². The summed E-state index contributed by atoms with van der Waals surface area (Å²) in [5.74, 6) is 0. The van der Waals surface area contributed by atoms with Crippen LogP contribution in [0.2, 0.25) is 0 Å². The first-order valence-electron chi connectivity index (χ1n) is 7.95. The largest absolute Gasteiger partial charge is 0.378 e. The van der Waals surface area contributed by atoms with E-state index in [0.717, 1.165) is 19.6 Å². The third-order valence-corrected chi connectivity index (χ3v) is 4.46. The molecule has 0 radical (unpaired) electrons. The monoisotopic (exact) mass is 279 g/mol. The van der Waals surface area contributed by atoms with Gasteiger partial charge in [-0.05, 0) is 58.1 Å². The van der Waals surface area contributed by atoms with Gasteiger partial charge in [0.1, 0.15) is 0 Å². The Morgan fingerprint density at radius 2 is 2.25 bits per heavy atom. The molecule has 2 heterocycles. The smallest absolute Gasteiger partial charge is 0.0628 e. The number of hydrogen-bond acceptors (Lipinski definition) is 3. The molecule has 0 saturated carbocycles. The second kappa shape index (κ2) is 7.23. The third-order valence-electron chi connectivity index (χ3n) is 4.46. The molecule has 2 unspecified atom stereocenters. The predicted octanol–water partition coefficient (Wildman–Crippen LogP) is 2.52. The van der Waals surface area contributed by atoms with Crippen molar-refractivity contribution in [3.05, 3.63) is 17.0 Å². The number of ether oxygens (including phenoxy) is 1. The molecule has 0 bridgehead atoms. The molecule has 0 aliphatic carbocycles. The van der Waals surface area contributed by atoms with Crippen molar-refractivity contribution < 1.29 is 4.74 Å². The summed E-state index contributed by atoms with van der Waals surface area (Å²) in [4.78, 5) is 0. The summed E-state index contributed by atoms with van der Waals surface area (Å²) < 4.78 is 7.73. The Balaban J connectivity index is 1.93. The lowest BCUT2D eigenvalue weighted by atomic mass is 9.98. The van der Waals surface area contributed by atoms with Crippen LogP contribution in [0, 0.1) is 13.8 Å². The summed E-state index contributed by atoms with van der Waals surface area (Å²) in [7, 11) is 2.03. The minimum absolute atomic E-state index is 0.493. The molecule has 1 aliphatic rings. The van der Waals surface area contributed by atoms with E-state index in [1.807, 2.05) is 11.7 Å². The second-order valence-corrected chi connectivity index (χ2v) is 5.94. The summed E-state index contributed by atoms with van der Waals surface area (Å²) >= 11 is 0. The maximum absolute atomic E-state index is 5.74. The van der Waals surface area contributed by atoms with Crippen LogP contribution in [-0.4, -0.2) is 35.1 Å². The van der Waals surface area contributed by atoms with Crippen LogP contribution in [0.15, 0.2) is 0 Å². The van der Waals surface area contributed by atoms with Gasteiger partial charge < -0.3 is 10.1 Å². The molecule has 4 heteroatoms. The Morgan fingerprint density at radius 3 is 2.80 bits per heavy atom. The SMILES string of the molecule is CCNC(CCC1CCCO1)Cc1c(C)nn(C)c1C. The normalized spacial score (nSPS) is 20.5. The number of nitrogens with zero attached hydrogens (tertiary/aromatic N) is 2. The summed E-state index contributed by atoms with van der Waals surface area (Å²) in [6, 6.07) is 0.533. The van der Waals surface area contributed by atoms with Gasteiger partial charge in [-0.2, -0.15) is 5.10 Å². The highest BCUT2D eigenvalue weighted by atomic mass is 16.5. The van der Waals surface area contributed by atoms with Gasteiger partial charge in [-0.1, -0.05) is 6.92 Å². The zero-order valence-corrected chi connectivity index (χ0v) is 13.4. The summed E-state index contributed by atoms with van der Waals surface area (Å²) in [6.45, 7) is 8.44. The fourth-order valence-corrected chi connectivity index (χ4v) is 3.18. The van der Waals surface area contributed by atoms with Crippen LogP contribution in [0.3, 0.4) is 0 Å². The Hall–Kier alpha value is -0.870. The van der Waals surface area contributed by atoms with Crippen molar-refractivity contribution in [1.29, 1.82) is 0 Å². The molecule has 1 aromatic rings. The van der Waals surface area contributed by atoms with E-state index in [1.165, 1.54) is 42.6 Å². The lowest BCUT2D eigenvalue weighted by Crippen LogP contribution is -2.32. The number of hydrogen-bond donors (Lipinski definition) is 1. The maximum Gasteiger partial charge on any atom is 0.0628 e. The molecule has 1 aromatic heterocycles. The number of likely N-dealkylation sites (N-methyl/N-ethyl adjacent to an activating group) is 1. The van der Waals surface area contributed by atoms with Gasteiger partial charge in [-0.3, -0.25) is 4.68 Å². The van der Waals surface area contributed by atoms with Gasteiger partial charge in [0.2, 0.25) is 0 Å². The van der Waals surface area contributed by atoms with E-state index in [2.05, 4.69) is 31.2 Å². The van der Waals surface area contributed by atoms with Gasteiger partial charge in [0.05, 0.1) is 11.8 Å². The lowest BCUT2D eigenvalue weighted by Gasteiger charge is -2.20. The Morgan fingerprint density at radius 1 is 1.45 bits per heavy atom. The van der Waals surface area contributed by atoms with E-state index in [0.29, 0.717) is 12.1 Å². The van der Waals surface area contributed by atoms with Crippen molar-refractivity contribution in [2.45, 2.75) is 65.0 Å². The summed E-state index contributed by atoms with van der Waals surface area (Å²) in [5.41, 5.74) is 3.87. The highest BCUT2D eigenvalue weighted by molar-refractivity contribution is 5.25. The van der Waals surface area contributed by atoms with Gasteiger partial charge in [0.15, 0.2) is 0 Å². The van der Waals surface area contributed by atoms with E-state index in [1.54, 1.807) is 0 Å². The number of aromatic nitrogens is 2. The van der Waals surface area contributed by atoms with E-state index in [9.17, 15) is 0 Å². The first-order chi connectivity index (χ1) is 9.61. The Labute approximate surface area is 122 Å². The molecule has 0 amide bonds. The van der Waals surface area contributed by atoms with Gasteiger partial charge in [0.25, 0.3) is 0 Å². The molecular weight excluding hydrogens is 250 g/mol. The Bertz CT molecular complexity index is 422. The predicted molar refractivity (Wildman–Crippen MR) is 82.1 cm³/mol. The summed E-state index contributed by atoms with van der Waals surface area (Å²) in [6.07, 6.45) is 6.41. The number of rotatable bonds is 7. The number of nitrogens with one attached hydrogen (secondary N) is 1. The van der Waals surface area contributed by atoms with Gasteiger partial charge in [-0.15, -0.1) is 0 Å². The fraction of sp³-hybridized carbons (Fsp3) is 0.812. The van der Waals surface area contributed by atoms with Crippen LogP contribution in [0.1, 0.15) is 49.6 Å². The Kier molecular flexibility index (Phi) is 5.61. The van der Waals surface area contributed by atoms with E-state index in [-0.39, 0.29) is 0 Å². The molecule has 20 heavy (non-hydrogen) atoms. The molecule has 2 rings (SSSR count). The van der Waals surface area contributed by atoms with Crippen molar-refractivity contribution in [2.24, 2.45) is 7.05 Å². The average Bonchev–Trinajstić information content (AvgIpc) is 3.00. The van der Waals surface area contributed by atoms with Crippen LogP contribution in [0.4, 0.5) is 0 Å². The molecule has 2 atom stereocenters. The molecule has 1 aliphatic heterocycles. The van der Waals surface area contributed by atoms with Crippen LogP contribution in [0.25, 0.3) is 0 Å². The number of aryl methyl sites for hydroxylation is 2. The minimum Gasteiger partial charge on any atom is -0.378 e. The van der Waals surface area contributed by atoms with E-state index >= 15 is 0 Å². The van der Waals surface area contributed by atoms with E-state index in [4.69, 9.17) is 4.74 Å². The minimum atomic E-state index is 0.493. The van der Waals surface area contributed by atoms with Crippen molar-refractivity contribution in [1.82, 2.24) is 15.1 Å². The average molecular weight is 279 g/mol. The van der Waals surface area contributed by atoms with Crippen LogP contribution >= 0.6 is 0 Å². The first-order valence-corrected chi connectivity index (χ1v) is 7.95. The van der Waals surface area contributed by atoms with Gasteiger partial charge in [-0.25, -0.2) is 0 Å². The maximum atomic E-state index is 5.74. The molecule has 1 saturated heterocycles. The molecule has 0 aromatic carbocycles. The fourth-order valence-electron chi connectivity index (χ4n) is 3.18. The van der Waals surface area contributed by atoms with Crippen LogP contribution in [-0.2, 0) is 18.2 Å². The highest BCUT2D eigenvalue weighted by Gasteiger charge is 2.19. The lowest BCUT2D eigenvalue weighted by molar-refractivity contribution is 0.0996. The first kappa shape index (κ1) is 15.5. The zero-order valence-electron chi connectivity index (χ0n) is 13.4. The summed E-state index contributed by atoms with van der Waals surface area (Å²) in [5, 5.41) is 8.15. The molecule has 1 fully saturated rings. The van der Waals surface area contributed by atoms with E-state index < -0.39 is 0 Å². The van der Waals surface area contributed by atoms with Gasteiger partial charge >= 0.3 is 0 Å². The van der Waals surface area contributed by atoms with Crippen LogP contribution in [0.5, 0.6) is 0 Å². The van der Waals surface area contributed by atoms with Crippen molar-refractivity contribution >= 4 is 0 Å². The molecule has 4 nitrogen and oxygen atoms in total. The second-order valence-electron chi connectivity index (χ2n) is 5.94. The standard InChI is InChI=1S/C16H29N3O/c1-5-17-14(8-9-15-7-6-10-20-15)11-16-12(2)18-19(4)13(16)3/h14-15,17H,5-11H2,1-4H3. The zero-order chi connectivity index (χ0) is 14.5. The molecule has 114 valence electrons. The third kappa shape index (κ3) is 3.83. The van der Waals surface area contributed by atoms with Gasteiger partial charge in [0, 0.05) is 25.4 Å². The molecule has 1 N–H and O–H groups in total. The van der Waals surface area contributed by atoms with Crippen molar-refractivity contribution in [3.63, 3.8) is 0 Å². The van der Waals surface area contributed by atoms with Crippen LogP contribution < -0.4 is 5.32 Å². The quantitative estimate of drug-likeness (QED) is 0.833. The highest BCUT2D eigenvalue weighted by Crippen LogP contribution is 2.20. The van der Waals surface area contributed by atoms with Crippen molar-refractivity contribution in [3.8, 4) is 0 Å².